The summed E-state index contributed by atoms with van der Waals surface area (Å²) in [5.41, 5.74) is 0. The smallest absolute Gasteiger partial charge is 0.317 e. The van der Waals surface area contributed by atoms with Crippen molar-refractivity contribution in [2.45, 2.75) is 46.2 Å². The Labute approximate surface area is 96.8 Å². The van der Waals surface area contributed by atoms with E-state index in [2.05, 4.69) is 5.32 Å². The number of nitrogens with one attached hydrogen (secondary N) is 1. The van der Waals surface area contributed by atoms with Gasteiger partial charge in [-0.15, -0.1) is 0 Å². The second kappa shape index (κ2) is 7.22. The fraction of sp³-hybridized carbons (Fsp3) is 0.818. The zero-order valence-corrected chi connectivity index (χ0v) is 10.5. The van der Waals surface area contributed by atoms with Crippen molar-refractivity contribution in [1.29, 1.82) is 0 Å². The number of aliphatic carboxylic acids is 1. The molecule has 0 spiro atoms. The Morgan fingerprint density at radius 1 is 1.25 bits per heavy atom. The van der Waals surface area contributed by atoms with E-state index in [1.165, 1.54) is 0 Å². The van der Waals surface area contributed by atoms with Crippen molar-refractivity contribution in [3.8, 4) is 0 Å². The summed E-state index contributed by atoms with van der Waals surface area (Å²) in [6, 6.07) is 0.171. The van der Waals surface area contributed by atoms with E-state index in [0.717, 1.165) is 6.42 Å². The van der Waals surface area contributed by atoms with Gasteiger partial charge in [0.25, 0.3) is 0 Å². The number of nitrogens with zero attached hydrogens (tertiary/aromatic N) is 1. The summed E-state index contributed by atoms with van der Waals surface area (Å²) in [5, 5.41) is 11.5. The van der Waals surface area contributed by atoms with E-state index >= 15 is 0 Å². The van der Waals surface area contributed by atoms with Crippen molar-refractivity contribution in [2.75, 3.05) is 13.1 Å². The van der Waals surface area contributed by atoms with Gasteiger partial charge in [-0.25, -0.2) is 0 Å². The SMILES string of the molecule is CCC(C)N(CC(=O)O)CC(=O)NC(C)C. The van der Waals surface area contributed by atoms with Gasteiger partial charge in [-0.3, -0.25) is 14.5 Å². The number of amides is 1. The molecule has 0 aromatic heterocycles. The Balaban J connectivity index is 4.30. The highest BCUT2D eigenvalue weighted by Gasteiger charge is 2.18. The van der Waals surface area contributed by atoms with E-state index in [1.807, 2.05) is 27.7 Å². The number of carbonyl (C=O) groups is 2. The maximum absolute atomic E-state index is 11.5. The summed E-state index contributed by atoms with van der Waals surface area (Å²) >= 11 is 0. The van der Waals surface area contributed by atoms with Crippen LogP contribution in [0.25, 0.3) is 0 Å². The molecule has 1 atom stereocenters. The fourth-order valence-electron chi connectivity index (χ4n) is 1.35. The average Bonchev–Trinajstić information content (AvgIpc) is 2.13. The molecular weight excluding hydrogens is 208 g/mol. The van der Waals surface area contributed by atoms with Crippen LogP contribution in [0.2, 0.25) is 0 Å². The van der Waals surface area contributed by atoms with Crippen LogP contribution in [0.15, 0.2) is 0 Å². The van der Waals surface area contributed by atoms with Crippen molar-refractivity contribution < 1.29 is 14.7 Å². The minimum atomic E-state index is -0.905. The Hall–Kier alpha value is -1.10. The lowest BCUT2D eigenvalue weighted by Gasteiger charge is -2.26. The lowest BCUT2D eigenvalue weighted by Crippen LogP contribution is -2.45. The summed E-state index contributed by atoms with van der Waals surface area (Å²) in [6.45, 7) is 7.69. The second-order valence-electron chi connectivity index (χ2n) is 4.28. The summed E-state index contributed by atoms with van der Waals surface area (Å²) in [4.78, 5) is 23.8. The first-order valence-corrected chi connectivity index (χ1v) is 5.62. The van der Waals surface area contributed by atoms with Crippen LogP contribution in [0.4, 0.5) is 0 Å². The van der Waals surface area contributed by atoms with Crippen LogP contribution in [0.1, 0.15) is 34.1 Å². The van der Waals surface area contributed by atoms with Gasteiger partial charge in [-0.1, -0.05) is 6.92 Å². The van der Waals surface area contributed by atoms with Crippen LogP contribution < -0.4 is 5.32 Å². The molecule has 0 rings (SSSR count). The second-order valence-corrected chi connectivity index (χ2v) is 4.28. The van der Waals surface area contributed by atoms with E-state index in [9.17, 15) is 9.59 Å². The van der Waals surface area contributed by atoms with E-state index in [4.69, 9.17) is 5.11 Å². The molecule has 5 nitrogen and oxygen atoms in total. The van der Waals surface area contributed by atoms with E-state index in [0.29, 0.717) is 0 Å². The summed E-state index contributed by atoms with van der Waals surface area (Å²) in [5.74, 6) is -1.03. The molecule has 0 aromatic rings. The fourth-order valence-corrected chi connectivity index (χ4v) is 1.35. The quantitative estimate of drug-likeness (QED) is 0.675. The predicted octanol–water partition coefficient (Wildman–Crippen LogP) is 0.696. The molecule has 0 fully saturated rings. The molecule has 0 aliphatic heterocycles. The molecule has 16 heavy (non-hydrogen) atoms. The molecule has 94 valence electrons. The van der Waals surface area contributed by atoms with Crippen molar-refractivity contribution in [2.24, 2.45) is 0 Å². The standard InChI is InChI=1S/C11H22N2O3/c1-5-9(4)13(7-11(15)16)6-10(14)12-8(2)3/h8-9H,5-7H2,1-4H3,(H,12,14)(H,15,16). The molecule has 0 saturated heterocycles. The molecule has 2 N–H and O–H groups in total. The maximum Gasteiger partial charge on any atom is 0.317 e. The molecule has 0 aliphatic rings. The normalized spacial score (nSPS) is 12.9. The number of rotatable bonds is 7. The molecule has 0 aromatic carbocycles. The Bertz CT molecular complexity index is 241. The molecule has 1 amide bonds. The topological polar surface area (TPSA) is 69.6 Å². The number of carbonyl (C=O) groups excluding carboxylic acids is 1. The van der Waals surface area contributed by atoms with Gasteiger partial charge in [0.15, 0.2) is 0 Å². The van der Waals surface area contributed by atoms with Crippen molar-refractivity contribution in [3.63, 3.8) is 0 Å². The minimum absolute atomic E-state index is 0.0797. The lowest BCUT2D eigenvalue weighted by atomic mass is 10.2. The molecule has 0 radical (unpaired) electrons. The maximum atomic E-state index is 11.5. The molecule has 0 saturated carbocycles. The number of hydrogen-bond acceptors (Lipinski definition) is 3. The lowest BCUT2D eigenvalue weighted by molar-refractivity contribution is -0.139. The first kappa shape index (κ1) is 14.9. The van der Waals surface area contributed by atoms with Crippen LogP contribution in [0.3, 0.4) is 0 Å². The zero-order chi connectivity index (χ0) is 12.7. The van der Waals surface area contributed by atoms with Crippen LogP contribution in [0, 0.1) is 0 Å². The van der Waals surface area contributed by atoms with Gasteiger partial charge in [0.05, 0.1) is 13.1 Å². The highest BCUT2D eigenvalue weighted by molar-refractivity contribution is 5.79. The average molecular weight is 230 g/mol. The Kier molecular flexibility index (Phi) is 6.72. The van der Waals surface area contributed by atoms with Crippen molar-refractivity contribution >= 4 is 11.9 Å². The Morgan fingerprint density at radius 3 is 2.19 bits per heavy atom. The van der Waals surface area contributed by atoms with Gasteiger partial charge >= 0.3 is 5.97 Å². The van der Waals surface area contributed by atoms with Crippen LogP contribution in [-0.4, -0.2) is 47.1 Å². The number of hydrogen-bond donors (Lipinski definition) is 2. The highest BCUT2D eigenvalue weighted by atomic mass is 16.4. The minimum Gasteiger partial charge on any atom is -0.480 e. The highest BCUT2D eigenvalue weighted by Crippen LogP contribution is 2.02. The van der Waals surface area contributed by atoms with Gasteiger partial charge in [0.2, 0.25) is 5.91 Å². The van der Waals surface area contributed by atoms with Crippen molar-refractivity contribution in [1.82, 2.24) is 10.2 Å². The summed E-state index contributed by atoms with van der Waals surface area (Å²) in [7, 11) is 0. The summed E-state index contributed by atoms with van der Waals surface area (Å²) in [6.07, 6.45) is 0.822. The largest absolute Gasteiger partial charge is 0.480 e. The monoisotopic (exact) mass is 230 g/mol. The molecular formula is C11H22N2O3. The first-order chi connectivity index (χ1) is 7.36. The number of carboxylic acid groups (broad SMARTS) is 1. The van der Waals surface area contributed by atoms with E-state index in [1.54, 1.807) is 4.90 Å². The molecule has 1 unspecified atom stereocenters. The molecule has 0 bridgehead atoms. The van der Waals surface area contributed by atoms with E-state index in [-0.39, 0.29) is 31.1 Å². The summed E-state index contributed by atoms with van der Waals surface area (Å²) < 4.78 is 0. The predicted molar refractivity (Wildman–Crippen MR) is 62.2 cm³/mol. The van der Waals surface area contributed by atoms with Crippen molar-refractivity contribution in [3.05, 3.63) is 0 Å². The van der Waals surface area contributed by atoms with E-state index < -0.39 is 5.97 Å². The Morgan fingerprint density at radius 2 is 1.81 bits per heavy atom. The number of carboxylic acids is 1. The van der Waals surface area contributed by atoms with Gasteiger partial charge in [-0.05, 0) is 27.2 Å². The molecule has 5 heteroatoms. The first-order valence-electron chi connectivity index (χ1n) is 5.62. The van der Waals surface area contributed by atoms with Crippen LogP contribution >= 0.6 is 0 Å². The van der Waals surface area contributed by atoms with Gasteiger partial charge in [0.1, 0.15) is 0 Å². The van der Waals surface area contributed by atoms with Gasteiger partial charge in [-0.2, -0.15) is 0 Å². The third-order valence-electron chi connectivity index (χ3n) is 2.35. The van der Waals surface area contributed by atoms with Gasteiger partial charge < -0.3 is 10.4 Å². The van der Waals surface area contributed by atoms with Gasteiger partial charge in [0, 0.05) is 12.1 Å². The van der Waals surface area contributed by atoms with Crippen LogP contribution in [-0.2, 0) is 9.59 Å². The molecule has 0 aliphatic carbocycles. The third-order valence-corrected chi connectivity index (χ3v) is 2.35. The molecule has 0 heterocycles. The third kappa shape index (κ3) is 6.40. The zero-order valence-electron chi connectivity index (χ0n) is 10.5. The van der Waals surface area contributed by atoms with Crippen LogP contribution in [0.5, 0.6) is 0 Å².